The second-order valence-corrected chi connectivity index (χ2v) is 5.78. The van der Waals surface area contributed by atoms with Crippen LogP contribution in [0.5, 0.6) is 0 Å². The van der Waals surface area contributed by atoms with Gasteiger partial charge in [-0.3, -0.25) is 15.1 Å². The molecule has 0 aliphatic carbocycles. The van der Waals surface area contributed by atoms with E-state index in [4.69, 9.17) is 5.84 Å². The monoisotopic (exact) mass is 283 g/mol. The van der Waals surface area contributed by atoms with Crippen LogP contribution in [0.4, 0.5) is 0 Å². The van der Waals surface area contributed by atoms with Gasteiger partial charge < -0.3 is 5.32 Å². The quantitative estimate of drug-likeness (QED) is 0.408. The summed E-state index contributed by atoms with van der Waals surface area (Å²) >= 11 is 1.34. The van der Waals surface area contributed by atoms with Crippen LogP contribution in [0.25, 0.3) is 0 Å². The van der Waals surface area contributed by atoms with Crippen LogP contribution in [-0.4, -0.2) is 42.5 Å². The highest BCUT2D eigenvalue weighted by Crippen LogP contribution is 2.19. The Bertz CT molecular complexity index is 420. The van der Waals surface area contributed by atoms with Gasteiger partial charge in [0, 0.05) is 18.5 Å². The Morgan fingerprint density at radius 2 is 2.53 bits per heavy atom. The first kappa shape index (κ1) is 14.4. The van der Waals surface area contributed by atoms with E-state index >= 15 is 0 Å². The van der Waals surface area contributed by atoms with Crippen molar-refractivity contribution in [1.82, 2.24) is 20.6 Å². The second kappa shape index (κ2) is 6.95. The number of carbonyl (C=O) groups excluding carboxylic acids is 1. The minimum atomic E-state index is -0.317. The number of nitrogens with one attached hydrogen (secondary N) is 2. The number of piperidine rings is 1. The first-order valence-electron chi connectivity index (χ1n) is 6.55. The van der Waals surface area contributed by atoms with Crippen LogP contribution in [0.3, 0.4) is 0 Å². The van der Waals surface area contributed by atoms with Crippen molar-refractivity contribution in [1.29, 1.82) is 0 Å². The molecule has 19 heavy (non-hydrogen) atoms. The number of hydrogen-bond acceptors (Lipinski definition) is 6. The highest BCUT2D eigenvalue weighted by atomic mass is 32.1. The van der Waals surface area contributed by atoms with Crippen LogP contribution in [0, 0.1) is 5.92 Å². The Balaban J connectivity index is 1.89. The molecule has 2 heterocycles. The van der Waals surface area contributed by atoms with Crippen LogP contribution >= 0.6 is 11.3 Å². The lowest BCUT2D eigenvalue weighted by atomic mass is 9.98. The zero-order valence-corrected chi connectivity index (χ0v) is 12.0. The topological polar surface area (TPSA) is 83.3 Å². The lowest BCUT2D eigenvalue weighted by molar-refractivity contribution is 0.0952. The van der Waals surface area contributed by atoms with Crippen molar-refractivity contribution in [3.05, 3.63) is 16.1 Å². The molecule has 2 rings (SSSR count). The van der Waals surface area contributed by atoms with E-state index in [1.807, 2.05) is 12.4 Å². The summed E-state index contributed by atoms with van der Waals surface area (Å²) in [6.07, 6.45) is 2.52. The molecule has 1 saturated heterocycles. The van der Waals surface area contributed by atoms with Crippen molar-refractivity contribution in [3.63, 3.8) is 0 Å². The molecule has 0 bridgehead atoms. The smallest absolute Gasteiger partial charge is 0.294 e. The van der Waals surface area contributed by atoms with Crippen molar-refractivity contribution in [3.8, 4) is 0 Å². The third-order valence-electron chi connectivity index (χ3n) is 3.36. The van der Waals surface area contributed by atoms with E-state index in [-0.39, 0.29) is 5.91 Å². The number of nitrogens with zero attached hydrogens (tertiary/aromatic N) is 2. The Hall–Kier alpha value is -1.02. The molecule has 0 saturated carbocycles. The third kappa shape index (κ3) is 3.97. The van der Waals surface area contributed by atoms with Crippen LogP contribution < -0.4 is 16.6 Å². The van der Waals surface area contributed by atoms with Gasteiger partial charge in [0.05, 0.1) is 5.69 Å². The van der Waals surface area contributed by atoms with Crippen molar-refractivity contribution < 1.29 is 4.79 Å². The average molecular weight is 283 g/mol. The van der Waals surface area contributed by atoms with Gasteiger partial charge in [-0.2, -0.15) is 0 Å². The average Bonchev–Trinajstić information content (AvgIpc) is 2.87. The third-order valence-corrected chi connectivity index (χ3v) is 4.25. The van der Waals surface area contributed by atoms with Crippen LogP contribution in [0.1, 0.15) is 28.3 Å². The number of nitrogens with two attached hydrogens (primary N) is 1. The van der Waals surface area contributed by atoms with Crippen molar-refractivity contribution in [2.24, 2.45) is 11.8 Å². The summed E-state index contributed by atoms with van der Waals surface area (Å²) in [5.74, 6) is 5.49. The Morgan fingerprint density at radius 3 is 3.26 bits per heavy atom. The normalized spacial score (nSPS) is 20.4. The molecule has 1 aromatic heterocycles. The van der Waals surface area contributed by atoms with E-state index in [2.05, 4.69) is 20.6 Å². The zero-order chi connectivity index (χ0) is 13.7. The molecule has 0 aromatic carbocycles. The molecule has 1 aromatic rings. The predicted octanol–water partition coefficient (Wildman–Crippen LogP) is 0.178. The molecule has 0 spiro atoms. The molecule has 1 aliphatic rings. The summed E-state index contributed by atoms with van der Waals surface area (Å²) in [6.45, 7) is 4.08. The number of thiazole rings is 1. The molecular weight excluding hydrogens is 262 g/mol. The standard InChI is InChI=1S/C12H21N5OS/c1-14-5-9-3-2-4-17(6-9)7-10-8-19-12(15-10)11(18)16-13/h8-9,14H,2-7,13H2,1H3,(H,16,18). The SMILES string of the molecule is CNCC1CCCN(Cc2csc(C(=O)NN)n2)C1. The molecule has 1 amide bonds. The summed E-state index contributed by atoms with van der Waals surface area (Å²) in [7, 11) is 2.00. The van der Waals surface area contributed by atoms with Crippen molar-refractivity contribution >= 4 is 17.2 Å². The molecule has 1 aliphatic heterocycles. The molecule has 1 atom stereocenters. The van der Waals surface area contributed by atoms with Crippen LogP contribution in [-0.2, 0) is 6.54 Å². The number of aromatic nitrogens is 1. The summed E-state index contributed by atoms with van der Waals surface area (Å²) in [4.78, 5) is 18.1. The minimum Gasteiger partial charge on any atom is -0.319 e. The lowest BCUT2D eigenvalue weighted by Crippen LogP contribution is -2.38. The summed E-state index contributed by atoms with van der Waals surface area (Å²) < 4.78 is 0. The molecule has 1 fully saturated rings. The highest BCUT2D eigenvalue weighted by Gasteiger charge is 2.20. The van der Waals surface area contributed by atoms with Gasteiger partial charge in [-0.05, 0) is 38.9 Å². The van der Waals surface area contributed by atoms with Gasteiger partial charge in [0.25, 0.3) is 5.91 Å². The highest BCUT2D eigenvalue weighted by molar-refractivity contribution is 7.11. The van der Waals surface area contributed by atoms with E-state index in [1.165, 1.54) is 24.2 Å². The molecule has 0 radical (unpaired) electrons. The van der Waals surface area contributed by atoms with Crippen molar-refractivity contribution in [2.75, 3.05) is 26.7 Å². The maximum atomic E-state index is 11.3. The summed E-state index contributed by atoms with van der Waals surface area (Å²) in [6, 6.07) is 0. The van der Waals surface area contributed by atoms with Gasteiger partial charge in [-0.15, -0.1) is 11.3 Å². The number of amides is 1. The van der Waals surface area contributed by atoms with Gasteiger partial charge in [-0.25, -0.2) is 10.8 Å². The van der Waals surface area contributed by atoms with E-state index in [0.717, 1.165) is 31.9 Å². The van der Waals surface area contributed by atoms with E-state index < -0.39 is 0 Å². The number of hydrogen-bond donors (Lipinski definition) is 3. The minimum absolute atomic E-state index is 0.317. The van der Waals surface area contributed by atoms with E-state index in [9.17, 15) is 4.79 Å². The number of hydrazine groups is 1. The van der Waals surface area contributed by atoms with Gasteiger partial charge in [0.2, 0.25) is 0 Å². The Kier molecular flexibility index (Phi) is 5.26. The van der Waals surface area contributed by atoms with Gasteiger partial charge in [-0.1, -0.05) is 0 Å². The van der Waals surface area contributed by atoms with Gasteiger partial charge in [0.1, 0.15) is 0 Å². The van der Waals surface area contributed by atoms with E-state index in [0.29, 0.717) is 10.9 Å². The largest absolute Gasteiger partial charge is 0.319 e. The maximum Gasteiger partial charge on any atom is 0.294 e. The Morgan fingerprint density at radius 1 is 1.68 bits per heavy atom. The fraction of sp³-hybridized carbons (Fsp3) is 0.667. The summed E-state index contributed by atoms with van der Waals surface area (Å²) in [5.41, 5.74) is 3.06. The predicted molar refractivity (Wildman–Crippen MR) is 75.7 cm³/mol. The van der Waals surface area contributed by atoms with Crippen molar-refractivity contribution in [2.45, 2.75) is 19.4 Å². The molecule has 1 unspecified atom stereocenters. The summed E-state index contributed by atoms with van der Waals surface area (Å²) in [5, 5.41) is 5.61. The lowest BCUT2D eigenvalue weighted by Gasteiger charge is -2.32. The van der Waals surface area contributed by atoms with Gasteiger partial charge in [0.15, 0.2) is 5.01 Å². The number of nitrogen functional groups attached to an aromatic ring is 1. The van der Waals surface area contributed by atoms with Crippen LogP contribution in [0.15, 0.2) is 5.38 Å². The molecular formula is C12H21N5OS. The maximum absolute atomic E-state index is 11.3. The molecule has 6 nitrogen and oxygen atoms in total. The molecule has 106 valence electrons. The van der Waals surface area contributed by atoms with E-state index in [1.54, 1.807) is 0 Å². The fourth-order valence-electron chi connectivity index (χ4n) is 2.52. The number of carbonyl (C=O) groups is 1. The van der Waals surface area contributed by atoms with Gasteiger partial charge >= 0.3 is 0 Å². The number of likely N-dealkylation sites (tertiary alicyclic amines) is 1. The molecule has 7 heteroatoms. The van der Waals surface area contributed by atoms with Crippen LogP contribution in [0.2, 0.25) is 0 Å². The first-order chi connectivity index (χ1) is 9.22. The number of rotatable bonds is 5. The molecule has 4 N–H and O–H groups in total. The second-order valence-electron chi connectivity index (χ2n) is 4.92. The fourth-order valence-corrected chi connectivity index (χ4v) is 3.24. The Labute approximate surface area is 117 Å². The first-order valence-corrected chi connectivity index (χ1v) is 7.43. The zero-order valence-electron chi connectivity index (χ0n) is 11.2.